The van der Waals surface area contributed by atoms with Crippen LogP contribution in [0.15, 0.2) is 0 Å². The van der Waals surface area contributed by atoms with Crippen LogP contribution in [0.5, 0.6) is 0 Å². The zero-order valence-corrected chi connectivity index (χ0v) is 8.21. The smallest absolute Gasteiger partial charge is 0.326 e. The van der Waals surface area contributed by atoms with Crippen molar-refractivity contribution in [3.05, 3.63) is 0 Å². The number of carbonyl (C=O) groups excluding carboxylic acids is 1. The molecule has 0 amide bonds. The van der Waals surface area contributed by atoms with Gasteiger partial charge in [0, 0.05) is 0 Å². The van der Waals surface area contributed by atoms with Gasteiger partial charge in [-0.25, -0.2) is 0 Å². The van der Waals surface area contributed by atoms with Crippen molar-refractivity contribution in [1.29, 1.82) is 0 Å². The molecule has 2 heterocycles. The van der Waals surface area contributed by atoms with Gasteiger partial charge in [-0.15, -0.1) is 0 Å². The number of fused-ring (bicyclic) bond motifs is 1. The fourth-order valence-corrected chi connectivity index (χ4v) is 2.70. The maximum Gasteiger partial charge on any atom is 0.326 e. The summed E-state index contributed by atoms with van der Waals surface area (Å²) in [5.41, 5.74) is -0.212. The number of ether oxygens (including phenoxy) is 1. The van der Waals surface area contributed by atoms with E-state index in [1.54, 1.807) is 0 Å². The molecule has 0 saturated carbocycles. The average molecular weight is 183 g/mol. The summed E-state index contributed by atoms with van der Waals surface area (Å²) in [7, 11) is 0. The van der Waals surface area contributed by atoms with Gasteiger partial charge in [0.2, 0.25) is 0 Å². The Balaban J connectivity index is 2.12. The van der Waals surface area contributed by atoms with Gasteiger partial charge in [-0.1, -0.05) is 0 Å². The molecule has 0 N–H and O–H groups in total. The first-order valence-corrected chi connectivity index (χ1v) is 5.22. The van der Waals surface area contributed by atoms with Crippen molar-refractivity contribution in [3.8, 4) is 0 Å². The Morgan fingerprint density at radius 2 is 2.00 bits per heavy atom. The molecule has 0 spiro atoms. The Morgan fingerprint density at radius 3 is 2.54 bits per heavy atom. The van der Waals surface area contributed by atoms with Crippen molar-refractivity contribution in [2.75, 3.05) is 19.7 Å². The van der Waals surface area contributed by atoms with Crippen molar-refractivity contribution >= 4 is 5.97 Å². The van der Waals surface area contributed by atoms with Gasteiger partial charge in [0.1, 0.15) is 5.54 Å². The maximum atomic E-state index is 11.8. The van der Waals surface area contributed by atoms with Gasteiger partial charge in [-0.3, -0.25) is 9.69 Å². The van der Waals surface area contributed by atoms with E-state index >= 15 is 0 Å². The number of hydrogen-bond acceptors (Lipinski definition) is 3. The summed E-state index contributed by atoms with van der Waals surface area (Å²) < 4.78 is 5.15. The standard InChI is InChI=1S/C10H17NO2/c1-2-13-9(12)10-5-3-7-11(10)8-4-6-10/h2-8H2,1H3. The van der Waals surface area contributed by atoms with Crippen LogP contribution in [0.2, 0.25) is 0 Å². The van der Waals surface area contributed by atoms with Crippen molar-refractivity contribution in [3.63, 3.8) is 0 Å². The molecule has 2 fully saturated rings. The SMILES string of the molecule is CCOC(=O)C12CCCN1CCC2. The van der Waals surface area contributed by atoms with E-state index in [2.05, 4.69) is 4.90 Å². The Hall–Kier alpha value is -0.570. The molecule has 74 valence electrons. The van der Waals surface area contributed by atoms with E-state index in [9.17, 15) is 4.79 Å². The molecule has 3 heteroatoms. The predicted octanol–water partition coefficient (Wildman–Crippen LogP) is 1.18. The molecule has 2 aliphatic rings. The summed E-state index contributed by atoms with van der Waals surface area (Å²) in [5.74, 6) is 0.0185. The first kappa shape index (κ1) is 9.00. The van der Waals surface area contributed by atoms with Gasteiger partial charge in [-0.2, -0.15) is 0 Å². The van der Waals surface area contributed by atoms with Crippen molar-refractivity contribution < 1.29 is 9.53 Å². The quantitative estimate of drug-likeness (QED) is 0.602. The van der Waals surface area contributed by atoms with Gasteiger partial charge in [0.15, 0.2) is 0 Å². The molecule has 2 aliphatic heterocycles. The third-order valence-electron chi connectivity index (χ3n) is 3.30. The third kappa shape index (κ3) is 1.26. The van der Waals surface area contributed by atoms with Gasteiger partial charge < -0.3 is 4.74 Å². The highest BCUT2D eigenvalue weighted by atomic mass is 16.5. The van der Waals surface area contributed by atoms with Gasteiger partial charge in [-0.05, 0) is 45.7 Å². The van der Waals surface area contributed by atoms with Crippen molar-refractivity contribution in [2.24, 2.45) is 0 Å². The van der Waals surface area contributed by atoms with Crippen LogP contribution in [0.1, 0.15) is 32.6 Å². The van der Waals surface area contributed by atoms with E-state index in [4.69, 9.17) is 4.74 Å². The number of hydrogen-bond donors (Lipinski definition) is 0. The molecule has 0 aromatic rings. The normalized spacial score (nSPS) is 25.9. The average Bonchev–Trinajstić information content (AvgIpc) is 2.61. The Morgan fingerprint density at radius 1 is 1.38 bits per heavy atom. The van der Waals surface area contributed by atoms with Crippen LogP contribution < -0.4 is 0 Å². The monoisotopic (exact) mass is 183 g/mol. The molecular weight excluding hydrogens is 166 g/mol. The Kier molecular flexibility index (Phi) is 2.28. The van der Waals surface area contributed by atoms with Crippen molar-refractivity contribution in [1.82, 2.24) is 4.90 Å². The minimum atomic E-state index is -0.212. The van der Waals surface area contributed by atoms with Crippen LogP contribution in [-0.4, -0.2) is 36.1 Å². The lowest BCUT2D eigenvalue weighted by Crippen LogP contribution is -2.46. The minimum absolute atomic E-state index is 0.0185. The third-order valence-corrected chi connectivity index (χ3v) is 3.30. The lowest BCUT2D eigenvalue weighted by molar-refractivity contribution is -0.154. The molecule has 0 aliphatic carbocycles. The summed E-state index contributed by atoms with van der Waals surface area (Å²) in [5, 5.41) is 0. The Bertz CT molecular complexity index is 205. The van der Waals surface area contributed by atoms with E-state index < -0.39 is 0 Å². The number of rotatable bonds is 2. The molecule has 0 atom stereocenters. The molecule has 0 radical (unpaired) electrons. The van der Waals surface area contributed by atoms with E-state index in [-0.39, 0.29) is 11.5 Å². The molecule has 2 rings (SSSR count). The molecule has 13 heavy (non-hydrogen) atoms. The van der Waals surface area contributed by atoms with Crippen molar-refractivity contribution in [2.45, 2.75) is 38.1 Å². The highest BCUT2D eigenvalue weighted by Gasteiger charge is 2.51. The largest absolute Gasteiger partial charge is 0.465 e. The van der Waals surface area contributed by atoms with Crippen LogP contribution in [0.25, 0.3) is 0 Å². The topological polar surface area (TPSA) is 29.5 Å². The molecule has 0 unspecified atom stereocenters. The maximum absolute atomic E-state index is 11.8. The number of nitrogens with zero attached hydrogens (tertiary/aromatic N) is 1. The number of carbonyl (C=O) groups is 1. The first-order valence-electron chi connectivity index (χ1n) is 5.22. The zero-order valence-electron chi connectivity index (χ0n) is 8.21. The zero-order chi connectivity index (χ0) is 9.31. The fraction of sp³-hybridized carbons (Fsp3) is 0.900. The molecular formula is C10H17NO2. The Labute approximate surface area is 79.0 Å². The molecule has 3 nitrogen and oxygen atoms in total. The lowest BCUT2D eigenvalue weighted by atomic mass is 9.94. The van der Waals surface area contributed by atoms with E-state index in [1.807, 2.05) is 6.92 Å². The van der Waals surface area contributed by atoms with Gasteiger partial charge >= 0.3 is 5.97 Å². The molecule has 0 aromatic heterocycles. The van der Waals surface area contributed by atoms with Gasteiger partial charge in [0.05, 0.1) is 6.61 Å². The summed E-state index contributed by atoms with van der Waals surface area (Å²) >= 11 is 0. The molecule has 0 aromatic carbocycles. The lowest BCUT2D eigenvalue weighted by Gasteiger charge is -2.28. The minimum Gasteiger partial charge on any atom is -0.465 e. The van der Waals surface area contributed by atoms with E-state index in [1.165, 1.54) is 0 Å². The second-order valence-electron chi connectivity index (χ2n) is 3.95. The van der Waals surface area contributed by atoms with Crippen LogP contribution in [0, 0.1) is 0 Å². The highest BCUT2D eigenvalue weighted by molar-refractivity contribution is 5.81. The highest BCUT2D eigenvalue weighted by Crippen LogP contribution is 2.39. The fourth-order valence-electron chi connectivity index (χ4n) is 2.70. The summed E-state index contributed by atoms with van der Waals surface area (Å²) in [4.78, 5) is 14.1. The number of esters is 1. The summed E-state index contributed by atoms with van der Waals surface area (Å²) in [6, 6.07) is 0. The van der Waals surface area contributed by atoms with Crippen LogP contribution in [0.4, 0.5) is 0 Å². The first-order chi connectivity index (χ1) is 6.29. The van der Waals surface area contributed by atoms with Gasteiger partial charge in [0.25, 0.3) is 0 Å². The molecule has 0 bridgehead atoms. The molecule has 2 saturated heterocycles. The second-order valence-corrected chi connectivity index (χ2v) is 3.95. The van der Waals surface area contributed by atoms with Crippen LogP contribution >= 0.6 is 0 Å². The summed E-state index contributed by atoms with van der Waals surface area (Å²) in [6.07, 6.45) is 4.31. The summed E-state index contributed by atoms with van der Waals surface area (Å²) in [6.45, 7) is 4.55. The second kappa shape index (κ2) is 3.29. The van der Waals surface area contributed by atoms with E-state index in [0.717, 1.165) is 38.8 Å². The predicted molar refractivity (Wildman–Crippen MR) is 49.4 cm³/mol. The van der Waals surface area contributed by atoms with E-state index in [0.29, 0.717) is 6.61 Å². The van der Waals surface area contributed by atoms with Crippen LogP contribution in [-0.2, 0) is 9.53 Å². The van der Waals surface area contributed by atoms with Crippen LogP contribution in [0.3, 0.4) is 0 Å².